The smallest absolute Gasteiger partial charge is 0.411 e. The number of likely N-dealkylation sites (tertiary alicyclic amines) is 1. The van der Waals surface area contributed by atoms with Crippen molar-refractivity contribution in [3.63, 3.8) is 0 Å². The number of pyridine rings is 1. The molecule has 1 fully saturated rings. The van der Waals surface area contributed by atoms with Crippen LogP contribution in [-0.2, 0) is 27.0 Å². The van der Waals surface area contributed by atoms with Crippen molar-refractivity contribution >= 4 is 48.5 Å². The Kier molecular flexibility index (Phi) is 15.7. The van der Waals surface area contributed by atoms with Gasteiger partial charge in [0.15, 0.2) is 8.32 Å². The highest BCUT2D eigenvalue weighted by molar-refractivity contribution is 6.74. The Hall–Kier alpha value is -6.58. The number of nitrogens with zero attached hydrogens (tertiary/aromatic N) is 1. The summed E-state index contributed by atoms with van der Waals surface area (Å²) in [5.41, 5.74) is 6.58. The van der Waals surface area contributed by atoms with Gasteiger partial charge in [-0.25, -0.2) is 4.79 Å². The second kappa shape index (κ2) is 21.8. The Morgan fingerprint density at radius 1 is 0.821 bits per heavy atom. The summed E-state index contributed by atoms with van der Waals surface area (Å²) in [6, 6.07) is 39.1. The number of para-hydroxylation sites is 1. The van der Waals surface area contributed by atoms with Crippen molar-refractivity contribution in [2.75, 3.05) is 36.8 Å². The van der Waals surface area contributed by atoms with E-state index in [2.05, 4.69) is 65.0 Å². The second-order valence-corrected chi connectivity index (χ2v) is 23.4. The van der Waals surface area contributed by atoms with Gasteiger partial charge in [0, 0.05) is 74.0 Å². The van der Waals surface area contributed by atoms with Crippen LogP contribution >= 0.6 is 0 Å². The summed E-state index contributed by atoms with van der Waals surface area (Å²) >= 11 is 0. The van der Waals surface area contributed by atoms with E-state index >= 15 is 0 Å². The van der Waals surface area contributed by atoms with Crippen molar-refractivity contribution in [3.05, 3.63) is 160 Å². The van der Waals surface area contributed by atoms with Gasteiger partial charge in [-0.15, -0.1) is 0 Å². The Bertz CT molecular complexity index is 2710. The molecule has 6 N–H and O–H groups in total. The lowest BCUT2D eigenvalue weighted by Crippen LogP contribution is -2.43. The van der Waals surface area contributed by atoms with Crippen molar-refractivity contribution in [2.45, 2.75) is 83.5 Å². The SMILES string of the molecule is CC(C)(C)[Si](C)(C)O[C@H](CNCc1ccc(NC(=O)c2cccc(CNC(=O)CCN3CCC(OC(=O)Nc4ccccc4-c4ccccc4)CC3)c2)cc1)c1ccc(O)c2[nH]c(=O)ccc12. The maximum Gasteiger partial charge on any atom is 0.411 e. The number of nitrogens with one attached hydrogen (secondary N) is 5. The first-order chi connectivity index (χ1) is 32.1. The summed E-state index contributed by atoms with van der Waals surface area (Å²) in [7, 11) is -2.23. The number of ether oxygens (including phenoxy) is 1. The van der Waals surface area contributed by atoms with Gasteiger partial charge < -0.3 is 40.1 Å². The van der Waals surface area contributed by atoms with Crippen molar-refractivity contribution in [1.29, 1.82) is 0 Å². The maximum absolute atomic E-state index is 13.3. The van der Waals surface area contributed by atoms with E-state index in [4.69, 9.17) is 9.16 Å². The molecule has 0 aliphatic carbocycles. The van der Waals surface area contributed by atoms with E-state index in [1.54, 1.807) is 24.3 Å². The minimum Gasteiger partial charge on any atom is -0.506 e. The van der Waals surface area contributed by atoms with E-state index in [-0.39, 0.29) is 40.4 Å². The van der Waals surface area contributed by atoms with Gasteiger partial charge in [0.1, 0.15) is 11.9 Å². The summed E-state index contributed by atoms with van der Waals surface area (Å²) in [6.07, 6.45) is 0.693. The van der Waals surface area contributed by atoms with E-state index in [1.807, 2.05) is 97.1 Å². The molecular formula is C53H62N6O7Si. The Morgan fingerprint density at radius 3 is 2.30 bits per heavy atom. The van der Waals surface area contributed by atoms with E-state index in [0.717, 1.165) is 46.3 Å². The highest BCUT2D eigenvalue weighted by Crippen LogP contribution is 2.41. The third-order valence-electron chi connectivity index (χ3n) is 12.8. The number of hydrogen-bond acceptors (Lipinski definition) is 9. The summed E-state index contributed by atoms with van der Waals surface area (Å²) in [4.78, 5) is 56.1. The van der Waals surface area contributed by atoms with E-state index in [1.165, 1.54) is 6.07 Å². The molecule has 1 aliphatic heterocycles. The third-order valence-corrected chi connectivity index (χ3v) is 17.2. The van der Waals surface area contributed by atoms with Gasteiger partial charge in [-0.3, -0.25) is 19.7 Å². The number of carbonyl (C=O) groups excluding carboxylic acids is 3. The normalized spacial score (nSPS) is 14.0. The average Bonchev–Trinajstić information content (AvgIpc) is 3.31. The lowest BCUT2D eigenvalue weighted by Gasteiger charge is -2.39. The average molecular weight is 923 g/mol. The number of aromatic amines is 1. The van der Waals surface area contributed by atoms with Crippen LogP contribution in [0.5, 0.6) is 5.75 Å². The van der Waals surface area contributed by atoms with Gasteiger partial charge >= 0.3 is 6.09 Å². The largest absolute Gasteiger partial charge is 0.506 e. The zero-order valence-electron chi connectivity index (χ0n) is 39.0. The summed E-state index contributed by atoms with van der Waals surface area (Å²) in [5, 5.41) is 23.7. The summed E-state index contributed by atoms with van der Waals surface area (Å²) in [5.74, 6) is -0.326. The number of fused-ring (bicyclic) bond motifs is 1. The van der Waals surface area contributed by atoms with Crippen molar-refractivity contribution < 1.29 is 28.7 Å². The van der Waals surface area contributed by atoms with Crippen LogP contribution in [0, 0.1) is 0 Å². The molecule has 3 amide bonds. The van der Waals surface area contributed by atoms with Gasteiger partial charge in [-0.05, 0) is 95.7 Å². The predicted octanol–water partition coefficient (Wildman–Crippen LogP) is 9.73. The lowest BCUT2D eigenvalue weighted by molar-refractivity contribution is -0.121. The number of piperidine rings is 1. The van der Waals surface area contributed by atoms with Crippen LogP contribution in [0.1, 0.15) is 73.2 Å². The van der Waals surface area contributed by atoms with E-state index < -0.39 is 14.4 Å². The molecule has 1 saturated heterocycles. The van der Waals surface area contributed by atoms with E-state index in [0.29, 0.717) is 67.9 Å². The molecule has 67 heavy (non-hydrogen) atoms. The van der Waals surface area contributed by atoms with Crippen LogP contribution in [0.25, 0.3) is 22.0 Å². The first-order valence-electron chi connectivity index (χ1n) is 23.0. The van der Waals surface area contributed by atoms with Crippen molar-refractivity contribution in [3.8, 4) is 16.9 Å². The highest BCUT2D eigenvalue weighted by atomic mass is 28.4. The first kappa shape index (κ1) is 48.4. The number of carbonyl (C=O) groups is 3. The van der Waals surface area contributed by atoms with Gasteiger partial charge in [0.25, 0.3) is 5.91 Å². The molecule has 2 heterocycles. The number of H-pyrrole nitrogens is 1. The van der Waals surface area contributed by atoms with Crippen LogP contribution in [0.3, 0.4) is 0 Å². The first-order valence-corrected chi connectivity index (χ1v) is 25.9. The number of hydrogen-bond donors (Lipinski definition) is 6. The monoisotopic (exact) mass is 922 g/mol. The molecule has 7 rings (SSSR count). The molecule has 6 aromatic rings. The van der Waals surface area contributed by atoms with Crippen LogP contribution in [0.15, 0.2) is 132 Å². The topological polar surface area (TPSA) is 174 Å². The lowest BCUT2D eigenvalue weighted by atomic mass is 10.0. The molecular weight excluding hydrogens is 861 g/mol. The number of amides is 3. The molecule has 1 atom stereocenters. The zero-order valence-corrected chi connectivity index (χ0v) is 40.0. The molecule has 0 saturated carbocycles. The highest BCUT2D eigenvalue weighted by Gasteiger charge is 2.40. The maximum atomic E-state index is 13.3. The van der Waals surface area contributed by atoms with Gasteiger partial charge in [0.2, 0.25) is 11.5 Å². The minimum absolute atomic E-state index is 0.00869. The number of phenolic OH excluding ortho intramolecular Hbond substituents is 1. The fourth-order valence-corrected chi connectivity index (χ4v) is 9.19. The molecule has 1 aliphatic rings. The Morgan fingerprint density at radius 2 is 1.55 bits per heavy atom. The molecule has 1 aromatic heterocycles. The number of benzene rings is 5. The minimum atomic E-state index is -2.23. The predicted molar refractivity (Wildman–Crippen MR) is 268 cm³/mol. The number of phenols is 1. The van der Waals surface area contributed by atoms with Crippen LogP contribution < -0.4 is 26.8 Å². The Labute approximate surface area is 393 Å². The van der Waals surface area contributed by atoms with Gasteiger partial charge in [0.05, 0.1) is 17.3 Å². The zero-order chi connectivity index (χ0) is 47.6. The molecule has 5 aromatic carbocycles. The molecule has 14 heteroatoms. The number of aromatic hydroxyl groups is 1. The summed E-state index contributed by atoms with van der Waals surface area (Å²) < 4.78 is 12.7. The van der Waals surface area contributed by atoms with E-state index in [9.17, 15) is 24.3 Å². The number of anilines is 2. The van der Waals surface area contributed by atoms with Gasteiger partial charge in [-0.1, -0.05) is 99.6 Å². The standard InChI is InChI=1S/C53H62N6O7Si/c1-53(2,3)67(4,5)66-47(43-22-24-46(60)50-44(43)23-25-49(62)58-50)35-54-33-36-18-20-40(21-19-36)56-51(63)39-15-11-12-37(32-39)34-55-48(61)28-31-59-29-26-41(27-30-59)65-52(64)57-45-17-10-9-16-42(45)38-13-7-6-8-14-38/h6-25,32,41,47,54,60H,26-31,33-35H2,1-5H3,(H,55,61)(H,56,63)(H,57,64)(H,58,62)/t47-/m1/s1. The summed E-state index contributed by atoms with van der Waals surface area (Å²) in [6.45, 7) is 14.4. The molecule has 0 bridgehead atoms. The molecule has 0 radical (unpaired) electrons. The molecule has 350 valence electrons. The molecule has 0 unspecified atom stereocenters. The number of rotatable bonds is 17. The third kappa shape index (κ3) is 13.1. The van der Waals surface area contributed by atoms with Crippen LogP contribution in [0.2, 0.25) is 18.1 Å². The van der Waals surface area contributed by atoms with Crippen molar-refractivity contribution in [1.82, 2.24) is 20.5 Å². The number of aromatic nitrogens is 1. The quantitative estimate of drug-likeness (QED) is 0.0487. The van der Waals surface area contributed by atoms with Crippen LogP contribution in [-0.4, -0.2) is 73.5 Å². The van der Waals surface area contributed by atoms with Crippen LogP contribution in [0.4, 0.5) is 16.2 Å². The Balaban J connectivity index is 0.835. The molecule has 0 spiro atoms. The van der Waals surface area contributed by atoms with Crippen molar-refractivity contribution in [2.24, 2.45) is 0 Å². The van der Waals surface area contributed by atoms with Gasteiger partial charge in [-0.2, -0.15) is 0 Å². The fraction of sp³-hybridized carbons (Fsp3) is 0.321. The second-order valence-electron chi connectivity index (χ2n) is 18.6. The fourth-order valence-electron chi connectivity index (χ4n) is 7.92. The molecule has 13 nitrogen and oxygen atoms in total.